The predicted molar refractivity (Wildman–Crippen MR) is 124 cm³/mol. The fourth-order valence-corrected chi connectivity index (χ4v) is 2.89. The van der Waals surface area contributed by atoms with Gasteiger partial charge in [-0.3, -0.25) is 10.1 Å². The Kier molecular flexibility index (Phi) is 7.81. The highest BCUT2D eigenvalue weighted by Gasteiger charge is 2.17. The third-order valence-electron chi connectivity index (χ3n) is 4.67. The van der Waals surface area contributed by atoms with Crippen molar-refractivity contribution in [1.82, 2.24) is 10.6 Å². The zero-order valence-electron chi connectivity index (χ0n) is 18.3. The van der Waals surface area contributed by atoms with Gasteiger partial charge >= 0.3 is 6.03 Å². The monoisotopic (exact) mass is 441 g/mol. The highest BCUT2D eigenvalue weighted by Crippen LogP contribution is 2.21. The number of para-hydroxylation sites is 2. The van der Waals surface area contributed by atoms with Gasteiger partial charge in [-0.05, 0) is 49.2 Å². The highest BCUT2D eigenvalue weighted by atomic mass is 16.5. The summed E-state index contributed by atoms with van der Waals surface area (Å²) in [7, 11) is 0. The van der Waals surface area contributed by atoms with Gasteiger partial charge in [-0.15, -0.1) is 0 Å². The van der Waals surface area contributed by atoms with Crippen LogP contribution in [0.4, 0.5) is 4.79 Å². The van der Waals surface area contributed by atoms with Crippen molar-refractivity contribution in [3.63, 3.8) is 0 Å². The fourth-order valence-electron chi connectivity index (χ4n) is 2.89. The average Bonchev–Trinajstić information content (AvgIpc) is 2.83. The molecule has 0 aromatic heterocycles. The first kappa shape index (κ1) is 23.1. The van der Waals surface area contributed by atoms with E-state index in [-0.39, 0.29) is 18.1 Å². The van der Waals surface area contributed by atoms with E-state index in [2.05, 4.69) is 10.6 Å². The van der Waals surface area contributed by atoms with Gasteiger partial charge < -0.3 is 14.8 Å². The van der Waals surface area contributed by atoms with E-state index in [0.29, 0.717) is 17.1 Å². The van der Waals surface area contributed by atoms with Crippen LogP contribution in [0.2, 0.25) is 0 Å². The van der Waals surface area contributed by atoms with Crippen molar-refractivity contribution in [3.8, 4) is 17.6 Å². The minimum atomic E-state index is -0.812. The summed E-state index contributed by atoms with van der Waals surface area (Å²) in [5.41, 5.74) is 2.10. The number of rotatable bonds is 7. The summed E-state index contributed by atoms with van der Waals surface area (Å²) >= 11 is 0. The number of nitrogens with zero attached hydrogens (tertiary/aromatic N) is 1. The second kappa shape index (κ2) is 11.2. The zero-order chi connectivity index (χ0) is 23.6. The molecule has 0 saturated heterocycles. The van der Waals surface area contributed by atoms with E-state index in [9.17, 15) is 14.9 Å². The summed E-state index contributed by atoms with van der Waals surface area (Å²) in [6, 6.07) is 24.0. The number of imide groups is 1. The molecule has 0 unspecified atom stereocenters. The van der Waals surface area contributed by atoms with Crippen molar-refractivity contribution in [1.29, 1.82) is 5.26 Å². The van der Waals surface area contributed by atoms with Gasteiger partial charge in [0.15, 0.2) is 0 Å². The van der Waals surface area contributed by atoms with Gasteiger partial charge in [-0.1, -0.05) is 54.6 Å². The van der Waals surface area contributed by atoms with Crippen molar-refractivity contribution in [3.05, 3.63) is 107 Å². The summed E-state index contributed by atoms with van der Waals surface area (Å²) in [6.45, 7) is 3.56. The maximum atomic E-state index is 12.6. The third-order valence-corrected chi connectivity index (χ3v) is 4.67. The third kappa shape index (κ3) is 6.45. The molecule has 3 aromatic carbocycles. The van der Waals surface area contributed by atoms with E-state index in [0.717, 1.165) is 11.1 Å². The van der Waals surface area contributed by atoms with E-state index < -0.39 is 11.9 Å². The molecule has 3 amide bonds. The highest BCUT2D eigenvalue weighted by molar-refractivity contribution is 6.04. The van der Waals surface area contributed by atoms with E-state index in [1.165, 1.54) is 0 Å². The topological polar surface area (TPSA) is 100 Å². The van der Waals surface area contributed by atoms with Crippen molar-refractivity contribution in [2.75, 3.05) is 6.61 Å². The molecule has 0 aliphatic rings. The van der Waals surface area contributed by atoms with Gasteiger partial charge in [0.1, 0.15) is 29.9 Å². The van der Waals surface area contributed by atoms with Crippen molar-refractivity contribution in [2.24, 2.45) is 0 Å². The van der Waals surface area contributed by atoms with Gasteiger partial charge in [0.2, 0.25) is 5.76 Å². The number of amides is 3. The first-order valence-corrected chi connectivity index (χ1v) is 10.2. The Labute approximate surface area is 192 Å². The predicted octanol–water partition coefficient (Wildman–Crippen LogP) is 4.64. The summed E-state index contributed by atoms with van der Waals surface area (Å²) in [5.74, 6) is 0.321. The number of hydrogen-bond donors (Lipinski definition) is 2. The van der Waals surface area contributed by atoms with Crippen molar-refractivity contribution >= 4 is 11.9 Å². The SMILES string of the molecule is Cc1ccccc1OC/C(NC(=O)NC(=O)c1ccccc1)=C(/C#N)Oc1ccccc1C. The van der Waals surface area contributed by atoms with Gasteiger partial charge in [-0.2, -0.15) is 5.26 Å². The first-order valence-electron chi connectivity index (χ1n) is 10.2. The lowest BCUT2D eigenvalue weighted by molar-refractivity contribution is 0.0964. The molecular weight excluding hydrogens is 418 g/mol. The number of aryl methyl sites for hydroxylation is 2. The second-order valence-corrected chi connectivity index (χ2v) is 7.12. The maximum Gasteiger partial charge on any atom is 0.326 e. The number of ether oxygens (including phenoxy) is 2. The van der Waals surface area contributed by atoms with Crippen LogP contribution in [0.5, 0.6) is 11.5 Å². The van der Waals surface area contributed by atoms with E-state index >= 15 is 0 Å². The molecule has 7 heteroatoms. The number of carbonyl (C=O) groups excluding carboxylic acids is 2. The molecule has 0 fully saturated rings. The number of urea groups is 1. The Balaban J connectivity index is 1.83. The van der Waals surface area contributed by atoms with Crippen LogP contribution in [0.25, 0.3) is 0 Å². The average molecular weight is 441 g/mol. The molecule has 7 nitrogen and oxygen atoms in total. The Hall–Kier alpha value is -4.57. The van der Waals surface area contributed by atoms with Gasteiger partial charge in [-0.25, -0.2) is 4.79 Å². The van der Waals surface area contributed by atoms with Crippen LogP contribution in [0, 0.1) is 25.2 Å². The number of hydrogen-bond acceptors (Lipinski definition) is 5. The summed E-state index contributed by atoms with van der Waals surface area (Å²) < 4.78 is 11.6. The van der Waals surface area contributed by atoms with Gasteiger partial charge in [0.05, 0.1) is 0 Å². The van der Waals surface area contributed by atoms with Crippen LogP contribution in [0.1, 0.15) is 21.5 Å². The van der Waals surface area contributed by atoms with Crippen LogP contribution in [0.3, 0.4) is 0 Å². The summed E-state index contributed by atoms with van der Waals surface area (Å²) in [6.07, 6.45) is 0. The molecule has 0 atom stereocenters. The largest absolute Gasteiger partial charge is 0.487 e. The zero-order valence-corrected chi connectivity index (χ0v) is 18.3. The molecule has 33 heavy (non-hydrogen) atoms. The minimum absolute atomic E-state index is 0.0716. The number of nitrogens with one attached hydrogen (secondary N) is 2. The molecule has 166 valence electrons. The van der Waals surface area contributed by atoms with Crippen molar-refractivity contribution in [2.45, 2.75) is 13.8 Å². The maximum absolute atomic E-state index is 12.6. The lowest BCUT2D eigenvalue weighted by atomic mass is 10.2. The Bertz CT molecular complexity index is 1210. The van der Waals surface area contributed by atoms with Crippen LogP contribution in [0.15, 0.2) is 90.3 Å². The molecule has 0 saturated carbocycles. The molecule has 3 aromatic rings. The standard InChI is InChI=1S/C26H23N3O4/c1-18-10-6-8-14-22(18)32-17-21(24(16-27)33-23-15-9-7-11-19(23)2)28-26(31)29-25(30)20-12-4-3-5-13-20/h3-15H,17H2,1-2H3,(H2,28,29,30,31)/b24-21+. The molecule has 0 spiro atoms. The van der Waals surface area contributed by atoms with Crippen molar-refractivity contribution < 1.29 is 19.1 Å². The summed E-state index contributed by atoms with van der Waals surface area (Å²) in [4.78, 5) is 24.9. The van der Waals surface area contributed by atoms with E-state index in [1.54, 1.807) is 48.5 Å². The minimum Gasteiger partial charge on any atom is -0.487 e. The molecule has 0 bridgehead atoms. The van der Waals surface area contributed by atoms with Crippen LogP contribution < -0.4 is 20.1 Å². The Morgan fingerprint density at radius 1 is 0.818 bits per heavy atom. The Morgan fingerprint density at radius 3 is 2.00 bits per heavy atom. The normalized spacial score (nSPS) is 10.9. The molecular formula is C26H23N3O4. The number of benzene rings is 3. The van der Waals surface area contributed by atoms with Crippen LogP contribution in [-0.4, -0.2) is 18.5 Å². The number of allylic oxidation sites excluding steroid dienone is 1. The molecule has 2 N–H and O–H groups in total. The molecule has 0 aliphatic carbocycles. The lowest BCUT2D eigenvalue weighted by Crippen LogP contribution is -2.40. The summed E-state index contributed by atoms with van der Waals surface area (Å²) in [5, 5.41) is 14.5. The number of carbonyl (C=O) groups is 2. The molecule has 0 radical (unpaired) electrons. The lowest BCUT2D eigenvalue weighted by Gasteiger charge is -2.16. The van der Waals surface area contributed by atoms with Gasteiger partial charge in [0.25, 0.3) is 5.91 Å². The number of nitriles is 1. The molecule has 3 rings (SSSR count). The van der Waals surface area contributed by atoms with Crippen LogP contribution in [-0.2, 0) is 0 Å². The van der Waals surface area contributed by atoms with E-state index in [4.69, 9.17) is 9.47 Å². The second-order valence-electron chi connectivity index (χ2n) is 7.12. The van der Waals surface area contributed by atoms with Crippen LogP contribution >= 0.6 is 0 Å². The molecule has 0 aliphatic heterocycles. The first-order chi connectivity index (χ1) is 16.0. The quantitative estimate of drug-likeness (QED) is 0.411. The smallest absolute Gasteiger partial charge is 0.326 e. The fraction of sp³-hybridized carbons (Fsp3) is 0.115. The Morgan fingerprint density at radius 2 is 1.39 bits per heavy atom. The van der Waals surface area contributed by atoms with E-state index in [1.807, 2.05) is 50.2 Å². The van der Waals surface area contributed by atoms with Gasteiger partial charge in [0, 0.05) is 5.56 Å². The molecule has 0 heterocycles.